The van der Waals surface area contributed by atoms with E-state index >= 15 is 0 Å². The van der Waals surface area contributed by atoms with E-state index in [0.29, 0.717) is 19.3 Å². The van der Waals surface area contributed by atoms with Crippen LogP contribution in [0.3, 0.4) is 0 Å². The second-order valence-corrected chi connectivity index (χ2v) is 21.7. The van der Waals surface area contributed by atoms with Crippen LogP contribution >= 0.6 is 0 Å². The molecule has 0 saturated carbocycles. The minimum absolute atomic E-state index is 0.0744. The summed E-state index contributed by atoms with van der Waals surface area (Å²) in [5.41, 5.74) is 0. The van der Waals surface area contributed by atoms with Crippen molar-refractivity contribution in [3.8, 4) is 0 Å². The van der Waals surface area contributed by atoms with Crippen LogP contribution in [0, 0.1) is 0 Å². The molecule has 0 aromatic heterocycles. The highest BCUT2D eigenvalue weighted by atomic mass is 16.6. The van der Waals surface area contributed by atoms with Crippen molar-refractivity contribution >= 4 is 17.9 Å². The zero-order valence-corrected chi connectivity index (χ0v) is 48.9. The second-order valence-electron chi connectivity index (χ2n) is 21.7. The van der Waals surface area contributed by atoms with E-state index in [2.05, 4.69) is 69.4 Å². The first kappa shape index (κ1) is 70.4. The fourth-order valence-electron chi connectivity index (χ4n) is 9.45. The van der Waals surface area contributed by atoms with Crippen LogP contribution in [0.1, 0.15) is 342 Å². The van der Waals surface area contributed by atoms with Crippen molar-refractivity contribution in [2.24, 2.45) is 0 Å². The predicted octanol–water partition coefficient (Wildman–Crippen LogP) is 21.8. The monoisotopic (exact) mass is 1020 g/mol. The zero-order chi connectivity index (χ0) is 52.9. The first-order valence-electron chi connectivity index (χ1n) is 32.1. The van der Waals surface area contributed by atoms with E-state index in [0.717, 1.165) is 77.0 Å². The molecule has 73 heavy (non-hydrogen) atoms. The number of ether oxygens (including phenoxy) is 3. The SMILES string of the molecule is CCCCC/C=C/C/C=C/CCCCCCCCCCCC(=O)OC[C@@H](COC(=O)CCCCCCCCC/C=C/C/C=C/CCCCC)OC(=O)CCCCCCCCCCCCCCCCCCCCC. The number of carbonyl (C=O) groups excluding carboxylic acids is 3. The van der Waals surface area contributed by atoms with Crippen molar-refractivity contribution < 1.29 is 28.6 Å². The van der Waals surface area contributed by atoms with Crippen LogP contribution < -0.4 is 0 Å². The lowest BCUT2D eigenvalue weighted by molar-refractivity contribution is -0.167. The van der Waals surface area contributed by atoms with E-state index in [1.165, 1.54) is 225 Å². The molecule has 0 radical (unpaired) electrons. The van der Waals surface area contributed by atoms with Crippen LogP contribution in [-0.4, -0.2) is 37.2 Å². The van der Waals surface area contributed by atoms with Crippen LogP contribution in [-0.2, 0) is 28.6 Å². The third-order valence-electron chi connectivity index (χ3n) is 14.3. The fraction of sp³-hybridized carbons (Fsp3) is 0.836. The van der Waals surface area contributed by atoms with Crippen LogP contribution in [0.15, 0.2) is 48.6 Å². The molecule has 426 valence electrons. The summed E-state index contributed by atoms with van der Waals surface area (Å²) in [5.74, 6) is -0.864. The van der Waals surface area contributed by atoms with E-state index in [-0.39, 0.29) is 31.1 Å². The molecule has 0 aromatic carbocycles. The highest BCUT2D eigenvalue weighted by molar-refractivity contribution is 5.71. The van der Waals surface area contributed by atoms with Gasteiger partial charge < -0.3 is 14.2 Å². The van der Waals surface area contributed by atoms with Gasteiger partial charge in [0.05, 0.1) is 0 Å². The van der Waals surface area contributed by atoms with E-state index in [4.69, 9.17) is 14.2 Å². The summed E-state index contributed by atoms with van der Waals surface area (Å²) in [6.45, 7) is 6.64. The molecule has 0 unspecified atom stereocenters. The van der Waals surface area contributed by atoms with Gasteiger partial charge in [-0.15, -0.1) is 0 Å². The number of rotatable bonds is 59. The van der Waals surface area contributed by atoms with Crippen LogP contribution in [0.2, 0.25) is 0 Å². The summed E-state index contributed by atoms with van der Waals surface area (Å²) in [5, 5.41) is 0. The minimum Gasteiger partial charge on any atom is -0.462 e. The Morgan fingerprint density at radius 2 is 0.493 bits per heavy atom. The lowest BCUT2D eigenvalue weighted by Gasteiger charge is -2.18. The Balaban J connectivity index is 4.35. The number of carbonyl (C=O) groups is 3. The molecule has 6 nitrogen and oxygen atoms in total. The Hall–Kier alpha value is -2.63. The van der Waals surface area contributed by atoms with Gasteiger partial charge in [-0.2, -0.15) is 0 Å². The molecule has 0 saturated heterocycles. The van der Waals surface area contributed by atoms with Gasteiger partial charge in [0.1, 0.15) is 13.2 Å². The molecule has 0 amide bonds. The molecule has 0 spiro atoms. The van der Waals surface area contributed by atoms with Crippen LogP contribution in [0.25, 0.3) is 0 Å². The standard InChI is InChI=1S/C67H122O6/c1-4-7-10-13-16-19-22-25-28-31-33-36-39-42-45-48-51-54-57-60-66(69)72-63-64(62-71-65(68)59-56-53-50-47-44-41-38-35-30-27-24-21-18-15-12-9-6-3)73-67(70)61-58-55-52-49-46-43-40-37-34-32-29-26-23-20-17-14-11-8-5-2/h16,18-19,21,25,27-28,30,64H,4-15,17,20,22-24,26,29,31-63H2,1-3H3/b19-16+,21-18+,28-25+,30-27+/t64-/m1/s1. The van der Waals surface area contributed by atoms with Crippen LogP contribution in [0.5, 0.6) is 0 Å². The molecule has 0 heterocycles. The number of unbranched alkanes of at least 4 members (excludes halogenated alkanes) is 40. The van der Waals surface area contributed by atoms with Gasteiger partial charge in [-0.25, -0.2) is 0 Å². The van der Waals surface area contributed by atoms with E-state index in [1.54, 1.807) is 0 Å². The number of hydrogen-bond donors (Lipinski definition) is 0. The number of allylic oxidation sites excluding steroid dienone is 8. The average Bonchev–Trinajstić information content (AvgIpc) is 3.39. The van der Waals surface area contributed by atoms with Crippen molar-refractivity contribution in [1.29, 1.82) is 0 Å². The molecule has 0 aliphatic carbocycles. The van der Waals surface area contributed by atoms with E-state index in [1.807, 2.05) is 0 Å². The highest BCUT2D eigenvalue weighted by Gasteiger charge is 2.19. The summed E-state index contributed by atoms with van der Waals surface area (Å²) in [7, 11) is 0. The molecular weight excluding hydrogens is 901 g/mol. The largest absolute Gasteiger partial charge is 0.462 e. The quantitative estimate of drug-likeness (QED) is 0.0261. The van der Waals surface area contributed by atoms with E-state index in [9.17, 15) is 14.4 Å². The Morgan fingerprint density at radius 1 is 0.274 bits per heavy atom. The van der Waals surface area contributed by atoms with Gasteiger partial charge in [-0.3, -0.25) is 14.4 Å². The highest BCUT2D eigenvalue weighted by Crippen LogP contribution is 2.17. The van der Waals surface area contributed by atoms with Gasteiger partial charge in [-0.1, -0.05) is 288 Å². The molecule has 0 aliphatic rings. The van der Waals surface area contributed by atoms with Crippen LogP contribution in [0.4, 0.5) is 0 Å². The van der Waals surface area contributed by atoms with Gasteiger partial charge >= 0.3 is 17.9 Å². The normalized spacial score (nSPS) is 12.3. The Kier molecular flexibility index (Phi) is 59.7. The molecular formula is C67H122O6. The molecule has 0 aliphatic heterocycles. The van der Waals surface area contributed by atoms with Crippen molar-refractivity contribution in [2.75, 3.05) is 13.2 Å². The van der Waals surface area contributed by atoms with Gasteiger partial charge in [-0.05, 0) is 83.5 Å². The molecule has 0 rings (SSSR count). The van der Waals surface area contributed by atoms with Gasteiger partial charge in [0, 0.05) is 19.3 Å². The van der Waals surface area contributed by atoms with Gasteiger partial charge in [0.2, 0.25) is 0 Å². The number of hydrogen-bond acceptors (Lipinski definition) is 6. The molecule has 1 atom stereocenters. The third kappa shape index (κ3) is 60.1. The van der Waals surface area contributed by atoms with Gasteiger partial charge in [0.15, 0.2) is 6.10 Å². The molecule has 0 bridgehead atoms. The molecule has 0 fully saturated rings. The maximum Gasteiger partial charge on any atom is 0.306 e. The Morgan fingerprint density at radius 3 is 0.781 bits per heavy atom. The average molecular weight is 1020 g/mol. The maximum absolute atomic E-state index is 12.9. The van der Waals surface area contributed by atoms with Crippen molar-refractivity contribution in [2.45, 2.75) is 348 Å². The van der Waals surface area contributed by atoms with Crippen molar-refractivity contribution in [3.63, 3.8) is 0 Å². The van der Waals surface area contributed by atoms with E-state index < -0.39 is 6.10 Å². The summed E-state index contributed by atoms with van der Waals surface area (Å²) in [6, 6.07) is 0. The smallest absolute Gasteiger partial charge is 0.306 e. The Bertz CT molecular complexity index is 1270. The van der Waals surface area contributed by atoms with Crippen molar-refractivity contribution in [1.82, 2.24) is 0 Å². The summed E-state index contributed by atoms with van der Waals surface area (Å²) < 4.78 is 17.0. The lowest BCUT2D eigenvalue weighted by atomic mass is 10.0. The summed E-state index contributed by atoms with van der Waals surface area (Å²) in [6.07, 6.45) is 76.8. The topological polar surface area (TPSA) is 78.9 Å². The Labute approximate surface area is 454 Å². The fourth-order valence-corrected chi connectivity index (χ4v) is 9.45. The minimum atomic E-state index is -0.777. The third-order valence-corrected chi connectivity index (χ3v) is 14.3. The lowest BCUT2D eigenvalue weighted by Crippen LogP contribution is -2.30. The number of esters is 3. The second kappa shape index (κ2) is 61.9. The first-order chi connectivity index (χ1) is 36.0. The molecule has 0 aromatic rings. The zero-order valence-electron chi connectivity index (χ0n) is 48.9. The van der Waals surface area contributed by atoms with Crippen molar-refractivity contribution in [3.05, 3.63) is 48.6 Å². The molecule has 0 N–H and O–H groups in total. The van der Waals surface area contributed by atoms with Gasteiger partial charge in [0.25, 0.3) is 0 Å². The predicted molar refractivity (Wildman–Crippen MR) is 316 cm³/mol. The summed E-state index contributed by atoms with van der Waals surface area (Å²) in [4.78, 5) is 38.3. The maximum atomic E-state index is 12.9. The first-order valence-corrected chi connectivity index (χ1v) is 32.1. The summed E-state index contributed by atoms with van der Waals surface area (Å²) >= 11 is 0. The molecule has 6 heteroatoms.